The van der Waals surface area contributed by atoms with Crippen LogP contribution < -0.4 is 5.32 Å². The Balaban J connectivity index is 1.96. The standard InChI is InChI=1S/C16H25NOS2/c1-10(2)13(11(3)4)8-17-16(18)15-7-12-9-19-6-5-14(12)20-15/h7,10-11,13H,5-6,8-9H2,1-4H3,(H,17,18). The number of rotatable bonds is 5. The van der Waals surface area contributed by atoms with E-state index >= 15 is 0 Å². The molecule has 1 amide bonds. The number of aryl methyl sites for hydroxylation is 1. The molecule has 0 saturated carbocycles. The maximum absolute atomic E-state index is 12.3. The zero-order valence-corrected chi connectivity index (χ0v) is 14.5. The van der Waals surface area contributed by atoms with E-state index in [0.717, 1.165) is 23.6 Å². The van der Waals surface area contributed by atoms with E-state index in [0.29, 0.717) is 17.8 Å². The van der Waals surface area contributed by atoms with Crippen LogP contribution in [0.25, 0.3) is 0 Å². The van der Waals surface area contributed by atoms with E-state index in [2.05, 4.69) is 39.1 Å². The maximum Gasteiger partial charge on any atom is 0.261 e. The van der Waals surface area contributed by atoms with Gasteiger partial charge in [0.2, 0.25) is 0 Å². The van der Waals surface area contributed by atoms with Gasteiger partial charge in [-0.25, -0.2) is 0 Å². The Morgan fingerprint density at radius 1 is 1.30 bits per heavy atom. The highest BCUT2D eigenvalue weighted by Gasteiger charge is 2.21. The molecule has 1 aliphatic heterocycles. The lowest BCUT2D eigenvalue weighted by atomic mass is 9.85. The number of nitrogens with one attached hydrogen (secondary N) is 1. The second-order valence-electron chi connectivity index (χ2n) is 6.22. The van der Waals surface area contributed by atoms with E-state index in [4.69, 9.17) is 0 Å². The molecule has 4 heteroatoms. The third-order valence-electron chi connectivity index (χ3n) is 4.06. The van der Waals surface area contributed by atoms with Gasteiger partial charge in [-0.1, -0.05) is 27.7 Å². The first-order valence-electron chi connectivity index (χ1n) is 7.46. The molecule has 112 valence electrons. The van der Waals surface area contributed by atoms with Crippen LogP contribution in [-0.2, 0) is 12.2 Å². The molecule has 0 aromatic carbocycles. The fraction of sp³-hybridized carbons (Fsp3) is 0.688. The minimum absolute atomic E-state index is 0.112. The fourth-order valence-electron chi connectivity index (χ4n) is 2.80. The van der Waals surface area contributed by atoms with Gasteiger partial charge < -0.3 is 5.32 Å². The Morgan fingerprint density at radius 2 is 2.00 bits per heavy atom. The Labute approximate surface area is 130 Å². The zero-order chi connectivity index (χ0) is 14.7. The molecular weight excluding hydrogens is 286 g/mol. The van der Waals surface area contributed by atoms with Gasteiger partial charge >= 0.3 is 0 Å². The van der Waals surface area contributed by atoms with Gasteiger partial charge in [0.15, 0.2) is 0 Å². The van der Waals surface area contributed by atoms with E-state index in [1.54, 1.807) is 11.3 Å². The van der Waals surface area contributed by atoms with Crippen LogP contribution in [-0.4, -0.2) is 18.2 Å². The van der Waals surface area contributed by atoms with Crippen molar-refractivity contribution in [3.63, 3.8) is 0 Å². The summed E-state index contributed by atoms with van der Waals surface area (Å²) in [6.07, 6.45) is 1.12. The molecule has 0 radical (unpaired) electrons. The van der Waals surface area contributed by atoms with E-state index < -0.39 is 0 Å². The summed E-state index contributed by atoms with van der Waals surface area (Å²) in [4.78, 5) is 14.6. The van der Waals surface area contributed by atoms with Gasteiger partial charge in [-0.05, 0) is 41.6 Å². The number of hydrogen-bond acceptors (Lipinski definition) is 3. The molecule has 0 aliphatic carbocycles. The molecular formula is C16H25NOS2. The molecule has 1 N–H and O–H groups in total. The molecule has 0 fully saturated rings. The van der Waals surface area contributed by atoms with E-state index in [1.165, 1.54) is 16.2 Å². The second kappa shape index (κ2) is 6.99. The van der Waals surface area contributed by atoms with Crippen molar-refractivity contribution in [1.82, 2.24) is 5.32 Å². The van der Waals surface area contributed by atoms with Gasteiger partial charge in [0.05, 0.1) is 4.88 Å². The summed E-state index contributed by atoms with van der Waals surface area (Å²) >= 11 is 3.65. The zero-order valence-electron chi connectivity index (χ0n) is 12.9. The molecule has 1 aromatic heterocycles. The van der Waals surface area contributed by atoms with Crippen molar-refractivity contribution < 1.29 is 4.79 Å². The molecule has 1 aliphatic rings. The molecule has 2 rings (SSSR count). The third kappa shape index (κ3) is 3.79. The Bertz CT molecular complexity index is 434. The molecule has 0 saturated heterocycles. The van der Waals surface area contributed by atoms with Crippen molar-refractivity contribution in [2.45, 2.75) is 39.9 Å². The Kier molecular flexibility index (Phi) is 5.56. The molecule has 2 nitrogen and oxygen atoms in total. The average Bonchev–Trinajstić information content (AvgIpc) is 2.81. The topological polar surface area (TPSA) is 29.1 Å². The van der Waals surface area contributed by atoms with Crippen LogP contribution in [0.15, 0.2) is 6.07 Å². The van der Waals surface area contributed by atoms with Gasteiger partial charge in [-0.15, -0.1) is 11.3 Å². The van der Waals surface area contributed by atoms with Gasteiger partial charge in [0.1, 0.15) is 0 Å². The van der Waals surface area contributed by atoms with Crippen molar-refractivity contribution in [1.29, 1.82) is 0 Å². The highest BCUT2D eigenvalue weighted by molar-refractivity contribution is 7.98. The molecule has 0 bridgehead atoms. The second-order valence-corrected chi connectivity index (χ2v) is 8.47. The van der Waals surface area contributed by atoms with Crippen LogP contribution in [0.2, 0.25) is 0 Å². The molecule has 0 spiro atoms. The highest BCUT2D eigenvalue weighted by atomic mass is 32.2. The third-order valence-corrected chi connectivity index (χ3v) is 6.31. The maximum atomic E-state index is 12.3. The minimum atomic E-state index is 0.112. The highest BCUT2D eigenvalue weighted by Crippen LogP contribution is 2.31. The summed E-state index contributed by atoms with van der Waals surface area (Å²) in [5.74, 6) is 4.12. The summed E-state index contributed by atoms with van der Waals surface area (Å²) < 4.78 is 0. The Hall–Kier alpha value is -0.480. The molecule has 20 heavy (non-hydrogen) atoms. The predicted octanol–water partition coefficient (Wildman–Crippen LogP) is 4.20. The number of thioether (sulfide) groups is 1. The normalized spacial score (nSPS) is 14.9. The molecule has 0 unspecified atom stereocenters. The molecule has 2 heterocycles. The number of thiophene rings is 1. The summed E-state index contributed by atoms with van der Waals surface area (Å²) in [5, 5.41) is 3.14. The predicted molar refractivity (Wildman–Crippen MR) is 89.7 cm³/mol. The lowest BCUT2D eigenvalue weighted by Crippen LogP contribution is -2.33. The summed E-state index contributed by atoms with van der Waals surface area (Å²) in [5.41, 5.74) is 1.38. The van der Waals surface area contributed by atoms with Crippen molar-refractivity contribution in [3.05, 3.63) is 21.4 Å². The first-order valence-corrected chi connectivity index (χ1v) is 9.43. The minimum Gasteiger partial charge on any atom is -0.351 e. The number of hydrogen-bond donors (Lipinski definition) is 1. The smallest absolute Gasteiger partial charge is 0.261 e. The number of carbonyl (C=O) groups is 1. The van der Waals surface area contributed by atoms with E-state index in [1.807, 2.05) is 11.8 Å². The van der Waals surface area contributed by atoms with Crippen LogP contribution >= 0.6 is 23.1 Å². The Morgan fingerprint density at radius 3 is 2.60 bits per heavy atom. The lowest BCUT2D eigenvalue weighted by Gasteiger charge is -2.24. The van der Waals surface area contributed by atoms with Crippen molar-refractivity contribution in [3.8, 4) is 0 Å². The summed E-state index contributed by atoms with van der Waals surface area (Å²) in [7, 11) is 0. The van der Waals surface area contributed by atoms with Crippen molar-refractivity contribution in [2.24, 2.45) is 17.8 Å². The SMILES string of the molecule is CC(C)C(CNC(=O)c1cc2c(s1)CCSC2)C(C)C. The van der Waals surface area contributed by atoms with Crippen molar-refractivity contribution >= 4 is 29.0 Å². The number of carbonyl (C=O) groups excluding carboxylic acids is 1. The number of fused-ring (bicyclic) bond motifs is 1. The first-order chi connectivity index (χ1) is 9.49. The quantitative estimate of drug-likeness (QED) is 0.883. The van der Waals surface area contributed by atoms with Crippen LogP contribution in [0.1, 0.15) is 47.8 Å². The van der Waals surface area contributed by atoms with Gasteiger partial charge in [-0.3, -0.25) is 4.79 Å². The largest absolute Gasteiger partial charge is 0.351 e. The van der Waals surface area contributed by atoms with Gasteiger partial charge in [0, 0.05) is 17.2 Å². The van der Waals surface area contributed by atoms with E-state index in [-0.39, 0.29) is 5.91 Å². The van der Waals surface area contributed by atoms with E-state index in [9.17, 15) is 4.79 Å². The average molecular weight is 312 g/mol. The van der Waals surface area contributed by atoms with Gasteiger partial charge in [0.25, 0.3) is 5.91 Å². The summed E-state index contributed by atoms with van der Waals surface area (Å²) in [6.45, 7) is 9.72. The number of amides is 1. The summed E-state index contributed by atoms with van der Waals surface area (Å²) in [6, 6.07) is 2.10. The fourth-order valence-corrected chi connectivity index (χ4v) is 5.09. The first kappa shape index (κ1) is 15.9. The van der Waals surface area contributed by atoms with Crippen LogP contribution in [0.4, 0.5) is 0 Å². The molecule has 0 atom stereocenters. The van der Waals surface area contributed by atoms with Gasteiger partial charge in [-0.2, -0.15) is 11.8 Å². The van der Waals surface area contributed by atoms with Crippen LogP contribution in [0, 0.1) is 17.8 Å². The van der Waals surface area contributed by atoms with Crippen LogP contribution in [0.5, 0.6) is 0 Å². The van der Waals surface area contributed by atoms with Crippen molar-refractivity contribution in [2.75, 3.05) is 12.3 Å². The molecule has 1 aromatic rings. The lowest BCUT2D eigenvalue weighted by molar-refractivity contribution is 0.0941. The van der Waals surface area contributed by atoms with Crippen LogP contribution in [0.3, 0.4) is 0 Å². The monoisotopic (exact) mass is 311 g/mol.